The molecule has 0 fully saturated rings. The number of benzene rings is 1. The van der Waals surface area contributed by atoms with Gasteiger partial charge in [0.25, 0.3) is 0 Å². The largest absolute Gasteiger partial charge is 1.00 e. The van der Waals surface area contributed by atoms with E-state index in [-0.39, 0.29) is 24.8 Å². The van der Waals surface area contributed by atoms with Crippen molar-refractivity contribution < 1.29 is 16.9 Å². The lowest BCUT2D eigenvalue weighted by atomic mass is 10.0. The van der Waals surface area contributed by atoms with Gasteiger partial charge in [-0.3, -0.25) is 4.98 Å². The number of hydrogen-bond acceptors (Lipinski definition) is 1. The zero-order valence-corrected chi connectivity index (χ0v) is 23.8. The van der Waals surface area contributed by atoms with Crippen molar-refractivity contribution in [3.05, 3.63) is 66.5 Å². The van der Waals surface area contributed by atoms with E-state index < -0.39 is 0 Å². The summed E-state index contributed by atoms with van der Waals surface area (Å²) in [6.07, 6.45) is 23.7. The number of pyridine rings is 1. The van der Waals surface area contributed by atoms with Crippen LogP contribution in [-0.4, -0.2) is 30.1 Å². The molecule has 2 rings (SSSR count). The van der Waals surface area contributed by atoms with Crippen LogP contribution in [0.2, 0.25) is 0 Å². The fraction of sp³-hybridized carbons (Fsp3) is 0.633. The highest BCUT2D eigenvalue weighted by Gasteiger charge is 2.14. The highest BCUT2D eigenvalue weighted by atomic mass is 35.5. The first-order valence-corrected chi connectivity index (χ1v) is 13.3. The third-order valence-corrected chi connectivity index (χ3v) is 6.14. The van der Waals surface area contributed by atoms with Crippen molar-refractivity contribution in [2.24, 2.45) is 0 Å². The van der Waals surface area contributed by atoms with Crippen LogP contribution in [-0.2, 0) is 6.54 Å². The second-order valence-corrected chi connectivity index (χ2v) is 9.92. The minimum absolute atomic E-state index is 0. The molecule has 0 saturated carbocycles. The molecule has 2 aromatic rings. The number of halogens is 2. The van der Waals surface area contributed by atoms with E-state index in [0.717, 1.165) is 11.0 Å². The molecule has 1 heterocycles. The zero-order valence-electron chi connectivity index (χ0n) is 22.3. The molecule has 0 unspecified atom stereocenters. The van der Waals surface area contributed by atoms with Crippen molar-refractivity contribution >= 4 is 12.4 Å². The second kappa shape index (κ2) is 25.0. The normalized spacial score (nSPS) is 10.4. The highest BCUT2D eigenvalue weighted by Crippen LogP contribution is 2.15. The van der Waals surface area contributed by atoms with Crippen LogP contribution < -0.4 is 12.4 Å². The molecule has 0 amide bonds. The van der Waals surface area contributed by atoms with Crippen molar-refractivity contribution in [2.45, 2.75) is 103 Å². The zero-order chi connectivity index (χ0) is 23.2. The predicted octanol–water partition coefficient (Wildman–Crippen LogP) is 6.25. The molecule has 0 aliphatic heterocycles. The molecule has 0 aliphatic rings. The molecule has 2 nitrogen and oxygen atoms in total. The molecule has 0 bridgehead atoms. The van der Waals surface area contributed by atoms with E-state index in [4.69, 9.17) is 0 Å². The van der Waals surface area contributed by atoms with Crippen LogP contribution >= 0.6 is 12.4 Å². The molecular formula is C30H52Cl2N2. The van der Waals surface area contributed by atoms with Crippen LogP contribution in [0.25, 0.3) is 0 Å². The van der Waals surface area contributed by atoms with Crippen molar-refractivity contribution in [1.29, 1.82) is 0 Å². The van der Waals surface area contributed by atoms with Gasteiger partial charge in [-0.15, -0.1) is 12.4 Å². The van der Waals surface area contributed by atoms with Gasteiger partial charge in [0.15, 0.2) is 0 Å². The van der Waals surface area contributed by atoms with Crippen molar-refractivity contribution in [1.82, 2.24) is 4.98 Å². The topological polar surface area (TPSA) is 12.9 Å². The molecule has 0 spiro atoms. The van der Waals surface area contributed by atoms with Crippen LogP contribution in [0.3, 0.4) is 0 Å². The van der Waals surface area contributed by atoms with Gasteiger partial charge in [-0.2, -0.15) is 0 Å². The Morgan fingerprint density at radius 1 is 0.588 bits per heavy atom. The number of rotatable bonds is 17. The Balaban J connectivity index is 0. The van der Waals surface area contributed by atoms with E-state index in [1.807, 2.05) is 18.2 Å². The lowest BCUT2D eigenvalue weighted by Gasteiger charge is -2.30. The van der Waals surface area contributed by atoms with E-state index in [1.165, 1.54) is 102 Å². The maximum atomic E-state index is 3.78. The molecule has 0 saturated heterocycles. The van der Waals surface area contributed by atoms with Crippen molar-refractivity contribution in [2.75, 3.05) is 20.6 Å². The first-order chi connectivity index (χ1) is 15.6. The summed E-state index contributed by atoms with van der Waals surface area (Å²) in [4.78, 5) is 3.78. The van der Waals surface area contributed by atoms with Crippen molar-refractivity contribution in [3.8, 4) is 0 Å². The fourth-order valence-corrected chi connectivity index (χ4v) is 4.20. The number of quaternary nitrogens is 1. The summed E-state index contributed by atoms with van der Waals surface area (Å²) < 4.78 is 1.11. The lowest BCUT2D eigenvalue weighted by molar-refractivity contribution is -0.903. The van der Waals surface area contributed by atoms with E-state index in [2.05, 4.69) is 56.3 Å². The Hall–Kier alpha value is -1.09. The molecule has 34 heavy (non-hydrogen) atoms. The van der Waals surface area contributed by atoms with E-state index in [0.29, 0.717) is 0 Å². The summed E-state index contributed by atoms with van der Waals surface area (Å²) >= 11 is 0. The molecule has 4 heteroatoms. The third kappa shape index (κ3) is 22.7. The maximum Gasteiger partial charge on any atom is 0.104 e. The Morgan fingerprint density at radius 2 is 1.00 bits per heavy atom. The Labute approximate surface area is 224 Å². The first kappa shape index (κ1) is 35.1. The minimum atomic E-state index is 0. The first-order valence-electron chi connectivity index (χ1n) is 13.3. The van der Waals surface area contributed by atoms with Crippen LogP contribution in [0.4, 0.5) is 0 Å². The third-order valence-electron chi connectivity index (χ3n) is 6.14. The van der Waals surface area contributed by atoms with E-state index in [1.54, 1.807) is 12.4 Å². The predicted molar refractivity (Wildman–Crippen MR) is 149 cm³/mol. The Kier molecular flexibility index (Phi) is 25.8. The summed E-state index contributed by atoms with van der Waals surface area (Å²) in [6.45, 7) is 4.75. The van der Waals surface area contributed by atoms with Crippen molar-refractivity contribution in [3.63, 3.8) is 0 Å². The number of nitrogens with zero attached hydrogens (tertiary/aromatic N) is 2. The Morgan fingerprint density at radius 3 is 1.38 bits per heavy atom. The summed E-state index contributed by atoms with van der Waals surface area (Å²) in [5.74, 6) is 0. The SMILES string of the molecule is CCCCCCCCCCCCCCCC[N+](C)(C)Cc1ccccc1.Cl.[Cl-].c1ccncc1. The fourth-order valence-electron chi connectivity index (χ4n) is 4.20. The summed E-state index contributed by atoms with van der Waals surface area (Å²) in [6, 6.07) is 16.6. The monoisotopic (exact) mass is 510 g/mol. The number of aromatic nitrogens is 1. The highest BCUT2D eigenvalue weighted by molar-refractivity contribution is 5.85. The van der Waals surface area contributed by atoms with E-state index >= 15 is 0 Å². The Bertz CT molecular complexity index is 594. The summed E-state index contributed by atoms with van der Waals surface area (Å²) in [5, 5.41) is 0. The van der Waals surface area contributed by atoms with Gasteiger partial charge in [0, 0.05) is 18.0 Å². The van der Waals surface area contributed by atoms with Gasteiger partial charge in [0.1, 0.15) is 6.54 Å². The molecule has 196 valence electrons. The summed E-state index contributed by atoms with van der Waals surface area (Å²) in [7, 11) is 4.74. The van der Waals surface area contributed by atoms with Gasteiger partial charge in [-0.25, -0.2) is 0 Å². The van der Waals surface area contributed by atoms with Gasteiger partial charge in [0.2, 0.25) is 0 Å². The van der Waals surface area contributed by atoms with Crippen LogP contribution in [0, 0.1) is 0 Å². The molecule has 0 aliphatic carbocycles. The molecule has 0 N–H and O–H groups in total. The number of hydrogen-bond donors (Lipinski definition) is 0. The minimum Gasteiger partial charge on any atom is -1.00 e. The molecule has 0 atom stereocenters. The van der Waals surface area contributed by atoms with Gasteiger partial charge >= 0.3 is 0 Å². The van der Waals surface area contributed by atoms with Gasteiger partial charge in [-0.1, -0.05) is 120 Å². The van der Waals surface area contributed by atoms with Crippen LogP contribution in [0.15, 0.2) is 60.9 Å². The number of unbranched alkanes of at least 4 members (excludes halogenated alkanes) is 13. The van der Waals surface area contributed by atoms with Crippen LogP contribution in [0.5, 0.6) is 0 Å². The van der Waals surface area contributed by atoms with Gasteiger partial charge in [0.05, 0.1) is 20.6 Å². The standard InChI is InChI=1S/C25H46N.C5H5N.2ClH/c1-4-5-6-7-8-9-10-11-12-13-14-15-16-20-23-26(2,3)24-25-21-18-17-19-22-25;1-2-4-6-5-3-1;;/h17-19,21-22H,4-16,20,23-24H2,1-3H3;1-5H;2*1H/q+1;;;/p-1. The summed E-state index contributed by atoms with van der Waals surface area (Å²) in [5.41, 5.74) is 1.46. The average molecular weight is 512 g/mol. The second-order valence-electron chi connectivity index (χ2n) is 9.92. The van der Waals surface area contributed by atoms with E-state index in [9.17, 15) is 0 Å². The molecular weight excluding hydrogens is 459 g/mol. The molecule has 0 radical (unpaired) electrons. The lowest BCUT2D eigenvalue weighted by Crippen LogP contribution is -3.00. The molecule has 1 aromatic carbocycles. The smallest absolute Gasteiger partial charge is 0.104 e. The quantitative estimate of drug-likeness (QED) is 0.181. The maximum absolute atomic E-state index is 3.78. The van der Waals surface area contributed by atoms with Gasteiger partial charge < -0.3 is 16.9 Å². The van der Waals surface area contributed by atoms with Gasteiger partial charge in [-0.05, 0) is 25.0 Å². The average Bonchev–Trinajstić information content (AvgIpc) is 2.81. The molecule has 1 aromatic heterocycles. The van der Waals surface area contributed by atoms with Crippen LogP contribution in [0.1, 0.15) is 102 Å².